The maximum atomic E-state index is 5.62. The molecule has 0 aromatic rings. The molecule has 2 nitrogen and oxygen atoms in total. The van der Waals surface area contributed by atoms with Gasteiger partial charge >= 0.3 is 0 Å². The van der Waals surface area contributed by atoms with Gasteiger partial charge in [-0.25, -0.2) is 0 Å². The van der Waals surface area contributed by atoms with Crippen LogP contribution in [0.1, 0.15) is 26.2 Å². The van der Waals surface area contributed by atoms with E-state index in [4.69, 9.17) is 9.47 Å². The van der Waals surface area contributed by atoms with Crippen LogP contribution in [-0.2, 0) is 9.47 Å². The molecule has 0 radical (unpaired) electrons. The van der Waals surface area contributed by atoms with Gasteiger partial charge in [-0.15, -0.1) is 6.58 Å². The summed E-state index contributed by atoms with van der Waals surface area (Å²) < 4.78 is 11.0. The van der Waals surface area contributed by atoms with E-state index in [1.165, 1.54) is 6.26 Å². The Kier molecular flexibility index (Phi) is 4.03. The predicted octanol–water partition coefficient (Wildman–Crippen LogP) is 2.66. The Balaban J connectivity index is 2.45. The SMILES string of the molecule is C=CO[C@@H]1CCCO[C@H]1CC(=C)C. The van der Waals surface area contributed by atoms with Crippen molar-refractivity contribution in [3.05, 3.63) is 25.0 Å². The van der Waals surface area contributed by atoms with Gasteiger partial charge in [0, 0.05) is 6.61 Å². The third-order valence-electron chi connectivity index (χ3n) is 2.20. The fourth-order valence-corrected chi connectivity index (χ4v) is 1.63. The molecule has 1 heterocycles. The summed E-state index contributed by atoms with van der Waals surface area (Å²) in [6.45, 7) is 10.3. The zero-order valence-electron chi connectivity index (χ0n) is 8.29. The molecule has 0 aliphatic carbocycles. The summed E-state index contributed by atoms with van der Waals surface area (Å²) in [6, 6.07) is 0. The number of rotatable bonds is 4. The summed E-state index contributed by atoms with van der Waals surface area (Å²) in [7, 11) is 0. The molecule has 0 amide bonds. The Bertz CT molecular complexity index is 187. The van der Waals surface area contributed by atoms with Crippen molar-refractivity contribution in [1.29, 1.82) is 0 Å². The van der Waals surface area contributed by atoms with Crippen LogP contribution in [0.15, 0.2) is 25.0 Å². The van der Waals surface area contributed by atoms with E-state index in [0.29, 0.717) is 0 Å². The summed E-state index contributed by atoms with van der Waals surface area (Å²) in [5.74, 6) is 0. The molecule has 0 aromatic heterocycles. The quantitative estimate of drug-likeness (QED) is 0.491. The smallest absolute Gasteiger partial charge is 0.124 e. The van der Waals surface area contributed by atoms with Crippen molar-refractivity contribution in [3.63, 3.8) is 0 Å². The van der Waals surface area contributed by atoms with Crippen molar-refractivity contribution in [2.45, 2.75) is 38.4 Å². The average Bonchev–Trinajstić information content (AvgIpc) is 2.08. The Hall–Kier alpha value is -0.760. The molecule has 2 atom stereocenters. The van der Waals surface area contributed by atoms with Crippen LogP contribution in [0.25, 0.3) is 0 Å². The van der Waals surface area contributed by atoms with Gasteiger partial charge in [-0.05, 0) is 26.2 Å². The molecule has 0 bridgehead atoms. The summed E-state index contributed by atoms with van der Waals surface area (Å²) in [5.41, 5.74) is 1.14. The lowest BCUT2D eigenvalue weighted by Crippen LogP contribution is -2.35. The number of hydrogen-bond donors (Lipinski definition) is 0. The molecule has 1 aliphatic heterocycles. The zero-order chi connectivity index (χ0) is 9.68. The Morgan fingerprint density at radius 3 is 3.08 bits per heavy atom. The second kappa shape index (κ2) is 5.07. The minimum Gasteiger partial charge on any atom is -0.496 e. The minimum atomic E-state index is 0.169. The first-order valence-electron chi connectivity index (χ1n) is 4.76. The molecule has 2 heteroatoms. The maximum absolute atomic E-state index is 5.62. The predicted molar refractivity (Wildman–Crippen MR) is 53.5 cm³/mol. The average molecular weight is 182 g/mol. The van der Waals surface area contributed by atoms with Crippen molar-refractivity contribution >= 4 is 0 Å². The lowest BCUT2D eigenvalue weighted by Gasteiger charge is -2.31. The van der Waals surface area contributed by atoms with Gasteiger partial charge in [0.15, 0.2) is 0 Å². The maximum Gasteiger partial charge on any atom is 0.124 e. The normalized spacial score (nSPS) is 28.1. The van der Waals surface area contributed by atoms with Gasteiger partial charge in [-0.1, -0.05) is 12.2 Å². The third kappa shape index (κ3) is 3.23. The molecule has 74 valence electrons. The highest BCUT2D eigenvalue weighted by molar-refractivity contribution is 4.94. The van der Waals surface area contributed by atoms with Crippen molar-refractivity contribution < 1.29 is 9.47 Å². The van der Waals surface area contributed by atoms with Crippen molar-refractivity contribution in [3.8, 4) is 0 Å². The molecule has 1 rings (SSSR count). The summed E-state index contributed by atoms with van der Waals surface area (Å²) in [5, 5.41) is 0. The Labute approximate surface area is 80.2 Å². The molecule has 1 aliphatic rings. The number of hydrogen-bond acceptors (Lipinski definition) is 2. The van der Waals surface area contributed by atoms with Gasteiger partial charge < -0.3 is 9.47 Å². The highest BCUT2D eigenvalue weighted by Crippen LogP contribution is 2.22. The van der Waals surface area contributed by atoms with E-state index in [9.17, 15) is 0 Å². The van der Waals surface area contributed by atoms with Crippen molar-refractivity contribution in [2.24, 2.45) is 0 Å². The van der Waals surface area contributed by atoms with Gasteiger partial charge in [0.25, 0.3) is 0 Å². The summed E-state index contributed by atoms with van der Waals surface area (Å²) in [4.78, 5) is 0. The molecule has 0 unspecified atom stereocenters. The van der Waals surface area contributed by atoms with Crippen molar-refractivity contribution in [1.82, 2.24) is 0 Å². The highest BCUT2D eigenvalue weighted by Gasteiger charge is 2.26. The van der Waals surface area contributed by atoms with E-state index in [-0.39, 0.29) is 12.2 Å². The molecule has 13 heavy (non-hydrogen) atoms. The van der Waals surface area contributed by atoms with Crippen LogP contribution in [0.4, 0.5) is 0 Å². The summed E-state index contributed by atoms with van der Waals surface area (Å²) >= 11 is 0. The lowest BCUT2D eigenvalue weighted by molar-refractivity contribution is -0.0773. The molecule has 0 spiro atoms. The van der Waals surface area contributed by atoms with Crippen LogP contribution in [0.2, 0.25) is 0 Å². The molecule has 1 fully saturated rings. The van der Waals surface area contributed by atoms with Crippen LogP contribution in [0.3, 0.4) is 0 Å². The second-order valence-electron chi connectivity index (χ2n) is 3.55. The van der Waals surface area contributed by atoms with Crippen LogP contribution < -0.4 is 0 Å². The first-order valence-corrected chi connectivity index (χ1v) is 4.76. The largest absolute Gasteiger partial charge is 0.496 e. The third-order valence-corrected chi connectivity index (χ3v) is 2.20. The first kappa shape index (κ1) is 10.3. The van der Waals surface area contributed by atoms with Crippen LogP contribution in [0.5, 0.6) is 0 Å². The van der Waals surface area contributed by atoms with Crippen LogP contribution >= 0.6 is 0 Å². The first-order chi connectivity index (χ1) is 6.24. The highest BCUT2D eigenvalue weighted by atomic mass is 16.5. The molecule has 0 N–H and O–H groups in total. The van der Waals surface area contributed by atoms with Gasteiger partial charge in [0.2, 0.25) is 0 Å². The molecule has 0 saturated carbocycles. The molecular formula is C11H18O2. The zero-order valence-corrected chi connectivity index (χ0v) is 8.29. The van der Waals surface area contributed by atoms with E-state index >= 15 is 0 Å². The fourth-order valence-electron chi connectivity index (χ4n) is 1.63. The standard InChI is InChI=1S/C11H18O2/c1-4-12-10-6-5-7-13-11(10)8-9(2)3/h4,10-11H,1-2,5-8H2,3H3/t10-,11+/m1/s1. The van der Waals surface area contributed by atoms with Gasteiger partial charge in [-0.2, -0.15) is 0 Å². The van der Waals surface area contributed by atoms with E-state index < -0.39 is 0 Å². The molecule has 0 aromatic carbocycles. The Morgan fingerprint density at radius 1 is 1.69 bits per heavy atom. The second-order valence-corrected chi connectivity index (χ2v) is 3.55. The van der Waals surface area contributed by atoms with Crippen molar-refractivity contribution in [2.75, 3.05) is 6.61 Å². The Morgan fingerprint density at radius 2 is 2.46 bits per heavy atom. The topological polar surface area (TPSA) is 18.5 Å². The minimum absolute atomic E-state index is 0.169. The monoisotopic (exact) mass is 182 g/mol. The molecular weight excluding hydrogens is 164 g/mol. The van der Waals surface area contributed by atoms with E-state index in [2.05, 4.69) is 13.2 Å². The fraction of sp³-hybridized carbons (Fsp3) is 0.636. The lowest BCUT2D eigenvalue weighted by atomic mass is 10.00. The van der Waals surface area contributed by atoms with Gasteiger partial charge in [-0.3, -0.25) is 0 Å². The van der Waals surface area contributed by atoms with Crippen LogP contribution in [-0.4, -0.2) is 18.8 Å². The van der Waals surface area contributed by atoms with E-state index in [0.717, 1.165) is 31.4 Å². The van der Waals surface area contributed by atoms with E-state index in [1.54, 1.807) is 0 Å². The van der Waals surface area contributed by atoms with Gasteiger partial charge in [0.05, 0.1) is 12.4 Å². The van der Waals surface area contributed by atoms with Gasteiger partial charge in [0.1, 0.15) is 6.10 Å². The summed E-state index contributed by atoms with van der Waals surface area (Å²) in [6.07, 6.45) is 4.87. The number of ether oxygens (including phenoxy) is 2. The molecule has 1 saturated heterocycles. The van der Waals surface area contributed by atoms with E-state index in [1.807, 2.05) is 6.92 Å². The van der Waals surface area contributed by atoms with Crippen LogP contribution in [0, 0.1) is 0 Å².